The van der Waals surface area contributed by atoms with Crippen molar-refractivity contribution in [2.24, 2.45) is 5.73 Å². The van der Waals surface area contributed by atoms with Gasteiger partial charge >= 0.3 is 0 Å². The van der Waals surface area contributed by atoms with Crippen LogP contribution in [0.1, 0.15) is 25.7 Å². The van der Waals surface area contributed by atoms with Gasteiger partial charge in [0.2, 0.25) is 5.91 Å². The lowest BCUT2D eigenvalue weighted by Gasteiger charge is -2.32. The molecule has 100 valence electrons. The first-order valence-electron chi connectivity index (χ1n) is 6.47. The molecule has 1 saturated heterocycles. The van der Waals surface area contributed by atoms with Crippen LogP contribution in [0.4, 0.5) is 0 Å². The van der Waals surface area contributed by atoms with Gasteiger partial charge in [-0.1, -0.05) is 6.42 Å². The fourth-order valence-corrected chi connectivity index (χ4v) is 2.22. The summed E-state index contributed by atoms with van der Waals surface area (Å²) in [4.78, 5) is 12.9. The summed E-state index contributed by atoms with van der Waals surface area (Å²) >= 11 is 0. The summed E-state index contributed by atoms with van der Waals surface area (Å²) in [5.74, 6) is -0.408. The molecule has 0 aromatic rings. The zero-order valence-corrected chi connectivity index (χ0v) is 10.8. The first-order valence-corrected chi connectivity index (χ1v) is 6.47. The zero-order valence-electron chi connectivity index (χ0n) is 10.8. The largest absolute Gasteiger partial charge is 0.370 e. The summed E-state index contributed by atoms with van der Waals surface area (Å²) in [6.07, 6.45) is 5.20. The molecule has 5 heteroatoms. The molecule has 0 saturated carbocycles. The first-order chi connectivity index (χ1) is 8.20. The Kier molecular flexibility index (Phi) is 7.16. The minimum atomic E-state index is -0.408. The second kappa shape index (κ2) is 8.44. The molecule has 1 fully saturated rings. The lowest BCUT2D eigenvalue weighted by molar-refractivity contribution is -0.122. The molecule has 3 N–H and O–H groups in total. The van der Waals surface area contributed by atoms with Crippen LogP contribution in [0.2, 0.25) is 0 Å². The second-order valence-corrected chi connectivity index (χ2v) is 4.69. The van der Waals surface area contributed by atoms with Crippen molar-refractivity contribution in [1.82, 2.24) is 10.2 Å². The van der Waals surface area contributed by atoms with Crippen molar-refractivity contribution in [3.63, 3.8) is 0 Å². The molecule has 17 heavy (non-hydrogen) atoms. The summed E-state index contributed by atoms with van der Waals surface area (Å²) in [7, 11) is 2.21. The number of nitrogens with zero attached hydrogens (tertiary/aromatic N) is 1. The van der Waals surface area contributed by atoms with Crippen molar-refractivity contribution >= 4 is 5.91 Å². The molecular weight excluding hydrogens is 218 g/mol. The number of nitrogens with one attached hydrogen (secondary N) is 1. The van der Waals surface area contributed by atoms with E-state index in [4.69, 9.17) is 10.5 Å². The van der Waals surface area contributed by atoms with Crippen LogP contribution in [0, 0.1) is 0 Å². The van der Waals surface area contributed by atoms with E-state index in [9.17, 15) is 4.79 Å². The second-order valence-electron chi connectivity index (χ2n) is 4.69. The van der Waals surface area contributed by atoms with Gasteiger partial charge in [0, 0.05) is 12.6 Å². The number of rotatable bonds is 8. The summed E-state index contributed by atoms with van der Waals surface area (Å²) in [5.41, 5.74) is 4.96. The van der Waals surface area contributed by atoms with Crippen LogP contribution >= 0.6 is 0 Å². The summed E-state index contributed by atoms with van der Waals surface area (Å²) in [5, 5.41) is 3.32. The zero-order chi connectivity index (χ0) is 12.5. The minimum Gasteiger partial charge on any atom is -0.370 e. The average Bonchev–Trinajstić information content (AvgIpc) is 2.30. The SMILES string of the molecule is CN1CCCCC1CCNCCOCC(N)=O. The van der Waals surface area contributed by atoms with Gasteiger partial charge in [-0.05, 0) is 39.4 Å². The molecule has 1 aliphatic heterocycles. The molecule has 0 aromatic heterocycles. The van der Waals surface area contributed by atoms with Crippen molar-refractivity contribution in [3.05, 3.63) is 0 Å². The number of carbonyl (C=O) groups excluding carboxylic acids is 1. The topological polar surface area (TPSA) is 67.6 Å². The number of primary amides is 1. The molecule has 1 atom stereocenters. The fourth-order valence-electron chi connectivity index (χ4n) is 2.22. The van der Waals surface area contributed by atoms with Crippen molar-refractivity contribution in [2.75, 3.05) is 39.9 Å². The third-order valence-electron chi connectivity index (χ3n) is 3.24. The number of likely N-dealkylation sites (tertiary alicyclic amines) is 1. The molecule has 0 aromatic carbocycles. The molecule has 5 nitrogen and oxygen atoms in total. The first kappa shape index (κ1) is 14.4. The van der Waals surface area contributed by atoms with Gasteiger partial charge in [-0.3, -0.25) is 4.79 Å². The molecular formula is C12H25N3O2. The average molecular weight is 243 g/mol. The van der Waals surface area contributed by atoms with Crippen LogP contribution in [0.15, 0.2) is 0 Å². The quantitative estimate of drug-likeness (QED) is 0.587. The molecule has 1 heterocycles. The molecule has 0 bridgehead atoms. The van der Waals surface area contributed by atoms with Gasteiger partial charge < -0.3 is 20.7 Å². The Bertz CT molecular complexity index is 224. The lowest BCUT2D eigenvalue weighted by Crippen LogP contribution is -2.38. The van der Waals surface area contributed by atoms with Crippen LogP contribution in [-0.4, -0.2) is 56.7 Å². The third-order valence-corrected chi connectivity index (χ3v) is 3.24. The van der Waals surface area contributed by atoms with Gasteiger partial charge in [-0.25, -0.2) is 0 Å². The van der Waals surface area contributed by atoms with E-state index in [-0.39, 0.29) is 6.61 Å². The highest BCUT2D eigenvalue weighted by Gasteiger charge is 2.17. The molecule has 1 rings (SSSR count). The lowest BCUT2D eigenvalue weighted by atomic mass is 10.0. The smallest absolute Gasteiger partial charge is 0.243 e. The number of amides is 1. The van der Waals surface area contributed by atoms with Crippen LogP contribution in [0.25, 0.3) is 0 Å². The number of nitrogens with two attached hydrogens (primary N) is 1. The number of carbonyl (C=O) groups is 1. The fraction of sp³-hybridized carbons (Fsp3) is 0.917. The van der Waals surface area contributed by atoms with Crippen molar-refractivity contribution in [1.29, 1.82) is 0 Å². The number of hydrogen-bond acceptors (Lipinski definition) is 4. The van der Waals surface area contributed by atoms with Crippen LogP contribution in [0.3, 0.4) is 0 Å². The van der Waals surface area contributed by atoms with E-state index in [1.807, 2.05) is 0 Å². The normalized spacial score (nSPS) is 21.6. The maximum absolute atomic E-state index is 10.4. The molecule has 0 spiro atoms. The highest BCUT2D eigenvalue weighted by atomic mass is 16.5. The van der Waals surface area contributed by atoms with E-state index in [0.29, 0.717) is 6.61 Å². The molecule has 1 unspecified atom stereocenters. The summed E-state index contributed by atoms with van der Waals surface area (Å²) in [6.45, 7) is 3.58. The van der Waals surface area contributed by atoms with E-state index in [0.717, 1.165) is 19.1 Å². The van der Waals surface area contributed by atoms with Crippen molar-refractivity contribution in [2.45, 2.75) is 31.7 Å². The predicted octanol–water partition coefficient (Wildman–Crippen LogP) is -0.0477. The van der Waals surface area contributed by atoms with Gasteiger partial charge in [0.25, 0.3) is 0 Å². The third kappa shape index (κ3) is 6.61. The highest BCUT2D eigenvalue weighted by Crippen LogP contribution is 2.16. The van der Waals surface area contributed by atoms with Gasteiger partial charge in [0.05, 0.1) is 6.61 Å². The Morgan fingerprint density at radius 2 is 2.29 bits per heavy atom. The Morgan fingerprint density at radius 3 is 3.00 bits per heavy atom. The van der Waals surface area contributed by atoms with Crippen molar-refractivity contribution < 1.29 is 9.53 Å². The number of hydrogen-bond donors (Lipinski definition) is 2. The molecule has 1 aliphatic rings. The van der Waals surface area contributed by atoms with E-state index in [1.54, 1.807) is 0 Å². The van der Waals surface area contributed by atoms with E-state index >= 15 is 0 Å². The minimum absolute atomic E-state index is 0.0209. The Hall–Kier alpha value is -0.650. The van der Waals surface area contributed by atoms with Crippen LogP contribution in [0.5, 0.6) is 0 Å². The maximum atomic E-state index is 10.4. The Balaban J connectivity index is 1.91. The van der Waals surface area contributed by atoms with Crippen molar-refractivity contribution in [3.8, 4) is 0 Å². The molecule has 0 radical (unpaired) electrons. The van der Waals surface area contributed by atoms with Gasteiger partial charge in [-0.2, -0.15) is 0 Å². The number of ether oxygens (including phenoxy) is 1. The standard InChI is InChI=1S/C12H25N3O2/c1-15-8-3-2-4-11(15)5-6-14-7-9-17-10-12(13)16/h11,14H,2-10H2,1H3,(H2,13,16). The Labute approximate surface area is 104 Å². The van der Waals surface area contributed by atoms with Crippen LogP contribution in [-0.2, 0) is 9.53 Å². The van der Waals surface area contributed by atoms with E-state index in [1.165, 1.54) is 32.2 Å². The van der Waals surface area contributed by atoms with E-state index in [2.05, 4.69) is 17.3 Å². The van der Waals surface area contributed by atoms with Crippen LogP contribution < -0.4 is 11.1 Å². The maximum Gasteiger partial charge on any atom is 0.243 e. The van der Waals surface area contributed by atoms with E-state index < -0.39 is 5.91 Å². The Morgan fingerprint density at radius 1 is 1.47 bits per heavy atom. The monoisotopic (exact) mass is 243 g/mol. The van der Waals surface area contributed by atoms with Gasteiger partial charge in [-0.15, -0.1) is 0 Å². The molecule has 0 aliphatic carbocycles. The number of piperidine rings is 1. The molecule has 1 amide bonds. The summed E-state index contributed by atoms with van der Waals surface area (Å²) in [6, 6.07) is 0.725. The summed E-state index contributed by atoms with van der Waals surface area (Å²) < 4.78 is 5.06. The van der Waals surface area contributed by atoms with Gasteiger partial charge in [0.1, 0.15) is 6.61 Å². The van der Waals surface area contributed by atoms with Gasteiger partial charge in [0.15, 0.2) is 0 Å². The predicted molar refractivity (Wildman–Crippen MR) is 67.8 cm³/mol. The highest BCUT2D eigenvalue weighted by molar-refractivity contribution is 5.74.